The molecule has 0 saturated carbocycles. The minimum atomic E-state index is -1.41. The third-order valence-corrected chi connectivity index (χ3v) is 7.89. The fraction of sp³-hybridized carbons (Fsp3) is 0.276. The van der Waals surface area contributed by atoms with Crippen LogP contribution in [0.1, 0.15) is 33.2 Å². The topological polar surface area (TPSA) is 84.9 Å². The number of carbonyl (C=O) groups excluding carboxylic acids is 3. The number of benzene rings is 3. The third kappa shape index (κ3) is 4.89. The minimum absolute atomic E-state index is 0.107. The van der Waals surface area contributed by atoms with E-state index in [2.05, 4.69) is 5.32 Å². The molecule has 0 bridgehead atoms. The molecule has 0 aliphatic carbocycles. The summed E-state index contributed by atoms with van der Waals surface area (Å²) in [4.78, 5) is 39.6. The standard InChI is InChI=1S/C29H26Cl2N2O5/c1-18-12-14-21(15-13-18)25(34)32-22-26(35)33-24(29(31,16-30)17-37-27(22)33)28(36)38-23(19-8-4-2-5-9-19)20-10-6-3-7-11-20/h2-15,22-24,27H,16-17H2,1H3,(H,32,34)/t22-,24?,27+,29?/m0/s1. The molecular formula is C29H26Cl2N2O5. The predicted octanol–water partition coefficient (Wildman–Crippen LogP) is 4.21. The van der Waals surface area contributed by atoms with Crippen molar-refractivity contribution in [2.24, 2.45) is 0 Å². The first kappa shape index (κ1) is 26.2. The minimum Gasteiger partial charge on any atom is -0.451 e. The molecule has 5 rings (SSSR count). The van der Waals surface area contributed by atoms with Crippen LogP contribution in [0.25, 0.3) is 0 Å². The van der Waals surface area contributed by atoms with E-state index in [1.54, 1.807) is 12.1 Å². The highest BCUT2D eigenvalue weighted by Crippen LogP contribution is 2.41. The van der Waals surface area contributed by atoms with Gasteiger partial charge < -0.3 is 14.8 Å². The number of β-lactam (4-membered cyclic amide) rings is 1. The summed E-state index contributed by atoms with van der Waals surface area (Å²) >= 11 is 13.0. The number of halogens is 2. The Labute approximate surface area is 230 Å². The SMILES string of the molecule is Cc1ccc(C(=O)N[C@H]2C(=O)N3C(C(=O)OC(c4ccccc4)c4ccccc4)C(Cl)(CCl)CO[C@H]23)cc1. The first-order valence-corrected chi connectivity index (χ1v) is 13.1. The van der Waals surface area contributed by atoms with Crippen LogP contribution in [0.3, 0.4) is 0 Å². The molecule has 2 aliphatic rings. The van der Waals surface area contributed by atoms with Gasteiger partial charge in [0.25, 0.3) is 11.8 Å². The third-order valence-electron chi connectivity index (χ3n) is 6.83. The van der Waals surface area contributed by atoms with Crippen molar-refractivity contribution in [3.05, 3.63) is 107 Å². The van der Waals surface area contributed by atoms with Crippen LogP contribution in [0.15, 0.2) is 84.9 Å². The van der Waals surface area contributed by atoms with Gasteiger partial charge in [0.05, 0.1) is 6.61 Å². The lowest BCUT2D eigenvalue weighted by Gasteiger charge is -2.56. The first-order valence-electron chi connectivity index (χ1n) is 12.2. The second-order valence-electron chi connectivity index (χ2n) is 9.47. The van der Waals surface area contributed by atoms with Crippen LogP contribution in [0, 0.1) is 6.92 Å². The molecular weight excluding hydrogens is 527 g/mol. The molecule has 3 aromatic rings. The molecule has 9 heteroatoms. The van der Waals surface area contributed by atoms with Gasteiger partial charge in [0.15, 0.2) is 24.4 Å². The number of hydrogen-bond acceptors (Lipinski definition) is 5. The van der Waals surface area contributed by atoms with Crippen LogP contribution in [0.2, 0.25) is 0 Å². The summed E-state index contributed by atoms with van der Waals surface area (Å²) in [5.41, 5.74) is 2.95. The molecule has 3 aromatic carbocycles. The number of amides is 2. The summed E-state index contributed by atoms with van der Waals surface area (Å²) in [6.07, 6.45) is -1.60. The number of alkyl halides is 2. The molecule has 4 atom stereocenters. The highest BCUT2D eigenvalue weighted by atomic mass is 35.5. The van der Waals surface area contributed by atoms with E-state index in [0.717, 1.165) is 16.7 Å². The Balaban J connectivity index is 1.39. The lowest BCUT2D eigenvalue weighted by molar-refractivity contribution is -0.220. The van der Waals surface area contributed by atoms with Crippen molar-refractivity contribution >= 4 is 41.0 Å². The van der Waals surface area contributed by atoms with Gasteiger partial charge in [-0.3, -0.25) is 14.5 Å². The van der Waals surface area contributed by atoms with Crippen molar-refractivity contribution in [2.75, 3.05) is 12.5 Å². The summed E-state index contributed by atoms with van der Waals surface area (Å²) in [7, 11) is 0. The Bertz CT molecular complexity index is 1280. The molecule has 2 amide bonds. The molecule has 38 heavy (non-hydrogen) atoms. The molecule has 2 aliphatic heterocycles. The molecule has 0 spiro atoms. The summed E-state index contributed by atoms with van der Waals surface area (Å²) in [5.74, 6) is -1.78. The van der Waals surface area contributed by atoms with Gasteiger partial charge >= 0.3 is 5.97 Å². The number of hydrogen-bond donors (Lipinski definition) is 1. The Morgan fingerprint density at radius 1 is 1.03 bits per heavy atom. The van der Waals surface area contributed by atoms with Gasteiger partial charge in [0.2, 0.25) is 0 Å². The number of ether oxygens (including phenoxy) is 2. The summed E-state index contributed by atoms with van der Waals surface area (Å²) in [5, 5.41) is 2.72. The van der Waals surface area contributed by atoms with Gasteiger partial charge in [0.1, 0.15) is 4.87 Å². The van der Waals surface area contributed by atoms with E-state index in [1.165, 1.54) is 4.90 Å². The highest BCUT2D eigenvalue weighted by Gasteiger charge is 2.63. The maximum absolute atomic E-state index is 13.7. The van der Waals surface area contributed by atoms with Gasteiger partial charge in [-0.15, -0.1) is 23.2 Å². The quantitative estimate of drug-likeness (QED) is 0.269. The number of nitrogens with one attached hydrogen (secondary N) is 1. The second kappa shape index (κ2) is 10.8. The Kier molecular flexibility index (Phi) is 7.43. The zero-order valence-electron chi connectivity index (χ0n) is 20.6. The van der Waals surface area contributed by atoms with Crippen molar-refractivity contribution in [3.8, 4) is 0 Å². The molecule has 2 fully saturated rings. The Hall–Kier alpha value is -3.39. The van der Waals surface area contributed by atoms with Crippen LogP contribution >= 0.6 is 23.2 Å². The number of rotatable bonds is 7. The maximum Gasteiger partial charge on any atom is 0.331 e. The Morgan fingerprint density at radius 2 is 1.61 bits per heavy atom. The van der Waals surface area contributed by atoms with E-state index in [0.29, 0.717) is 5.56 Å². The number of nitrogens with zero attached hydrogens (tertiary/aromatic N) is 1. The molecule has 2 unspecified atom stereocenters. The number of fused-ring (bicyclic) bond motifs is 1. The van der Waals surface area contributed by atoms with Crippen molar-refractivity contribution in [3.63, 3.8) is 0 Å². The van der Waals surface area contributed by atoms with Gasteiger partial charge in [-0.25, -0.2) is 4.79 Å². The normalized spacial score (nSPS) is 24.4. The zero-order chi connectivity index (χ0) is 26.9. The van der Waals surface area contributed by atoms with Crippen molar-refractivity contribution < 1.29 is 23.9 Å². The van der Waals surface area contributed by atoms with Crippen LogP contribution < -0.4 is 5.32 Å². The zero-order valence-corrected chi connectivity index (χ0v) is 22.1. The van der Waals surface area contributed by atoms with Crippen LogP contribution in [-0.4, -0.2) is 58.4 Å². The van der Waals surface area contributed by atoms with E-state index in [-0.39, 0.29) is 12.5 Å². The fourth-order valence-corrected chi connectivity index (χ4v) is 5.23. The monoisotopic (exact) mass is 552 g/mol. The molecule has 2 heterocycles. The second-order valence-corrected chi connectivity index (χ2v) is 10.5. The smallest absolute Gasteiger partial charge is 0.331 e. The van der Waals surface area contributed by atoms with Gasteiger partial charge in [-0.2, -0.15) is 0 Å². The van der Waals surface area contributed by atoms with Gasteiger partial charge in [-0.05, 0) is 30.2 Å². The molecule has 196 valence electrons. The van der Waals surface area contributed by atoms with Crippen LogP contribution in [0.4, 0.5) is 0 Å². The average molecular weight is 553 g/mol. The largest absolute Gasteiger partial charge is 0.451 e. The fourth-order valence-electron chi connectivity index (χ4n) is 4.75. The van der Waals surface area contributed by atoms with Crippen molar-refractivity contribution in [2.45, 2.75) is 36.2 Å². The van der Waals surface area contributed by atoms with E-state index in [9.17, 15) is 14.4 Å². The molecule has 1 N–H and O–H groups in total. The number of carbonyl (C=O) groups is 3. The summed E-state index contributed by atoms with van der Waals surface area (Å²) in [6, 6.07) is 23.4. The number of esters is 1. The van der Waals surface area contributed by atoms with E-state index >= 15 is 0 Å². The van der Waals surface area contributed by atoms with Crippen molar-refractivity contribution in [1.82, 2.24) is 10.2 Å². The molecule has 0 radical (unpaired) electrons. The Morgan fingerprint density at radius 3 is 2.16 bits per heavy atom. The molecule has 7 nitrogen and oxygen atoms in total. The highest BCUT2D eigenvalue weighted by molar-refractivity contribution is 6.32. The first-order chi connectivity index (χ1) is 18.3. The van der Waals surface area contributed by atoms with Crippen molar-refractivity contribution in [1.29, 1.82) is 0 Å². The van der Waals surface area contributed by atoms with E-state index < -0.39 is 47.1 Å². The van der Waals surface area contributed by atoms with Crippen LogP contribution in [-0.2, 0) is 19.1 Å². The maximum atomic E-state index is 13.7. The van der Waals surface area contributed by atoms with E-state index in [1.807, 2.05) is 79.7 Å². The lowest BCUT2D eigenvalue weighted by Crippen LogP contribution is -2.81. The van der Waals surface area contributed by atoms with E-state index in [4.69, 9.17) is 32.7 Å². The number of aryl methyl sites for hydroxylation is 1. The molecule has 2 saturated heterocycles. The summed E-state index contributed by atoms with van der Waals surface area (Å²) < 4.78 is 11.9. The van der Waals surface area contributed by atoms with Crippen LogP contribution in [0.5, 0.6) is 0 Å². The van der Waals surface area contributed by atoms with Gasteiger partial charge in [0, 0.05) is 11.4 Å². The summed E-state index contributed by atoms with van der Waals surface area (Å²) in [6.45, 7) is 1.81. The average Bonchev–Trinajstić information content (AvgIpc) is 2.95. The van der Waals surface area contributed by atoms with Gasteiger partial charge in [-0.1, -0.05) is 78.4 Å². The predicted molar refractivity (Wildman–Crippen MR) is 143 cm³/mol. The lowest BCUT2D eigenvalue weighted by atomic mass is 9.89. The molecule has 0 aromatic heterocycles.